The topological polar surface area (TPSA) is 66.6 Å². The fraction of sp³-hybridized carbons (Fsp3) is 0.923. The molecule has 1 saturated carbocycles. The number of likely N-dealkylation sites (tertiary alicyclic amines) is 1. The lowest BCUT2D eigenvalue weighted by molar-refractivity contribution is -0.168. The van der Waals surface area contributed by atoms with Gasteiger partial charge in [-0.2, -0.15) is 0 Å². The first-order valence-corrected chi connectivity index (χ1v) is 6.69. The molecule has 0 aromatic carbocycles. The van der Waals surface area contributed by atoms with Crippen LogP contribution < -0.4 is 5.73 Å². The minimum absolute atomic E-state index is 0.108. The van der Waals surface area contributed by atoms with E-state index in [1.165, 1.54) is 0 Å². The Hall–Kier alpha value is -0.610. The number of amides is 1. The molecule has 1 saturated heterocycles. The smallest absolute Gasteiger partial charge is 0.226 e. The largest absolute Gasteiger partial charge is 0.386 e. The molecule has 2 aliphatic rings. The predicted octanol–water partition coefficient (Wildman–Crippen LogP) is 0.591. The van der Waals surface area contributed by atoms with Gasteiger partial charge in [0.05, 0.1) is 13.1 Å². The fourth-order valence-electron chi connectivity index (χ4n) is 3.01. The summed E-state index contributed by atoms with van der Waals surface area (Å²) in [7, 11) is 0. The maximum absolute atomic E-state index is 12.3. The average molecular weight is 240 g/mol. The highest BCUT2D eigenvalue weighted by Crippen LogP contribution is 2.36. The van der Waals surface area contributed by atoms with E-state index in [0.29, 0.717) is 25.6 Å². The van der Waals surface area contributed by atoms with E-state index in [9.17, 15) is 9.90 Å². The molecule has 2 rings (SSSR count). The van der Waals surface area contributed by atoms with Crippen LogP contribution in [0, 0.1) is 17.8 Å². The summed E-state index contributed by atoms with van der Waals surface area (Å²) in [6.07, 6.45) is 3.16. The lowest BCUT2D eigenvalue weighted by Crippen LogP contribution is -2.67. The van der Waals surface area contributed by atoms with Crippen LogP contribution in [0.5, 0.6) is 0 Å². The lowest BCUT2D eigenvalue weighted by atomic mass is 9.81. The lowest BCUT2D eigenvalue weighted by Gasteiger charge is -2.50. The fourth-order valence-corrected chi connectivity index (χ4v) is 3.01. The predicted molar refractivity (Wildman–Crippen MR) is 66.3 cm³/mol. The molecule has 2 fully saturated rings. The van der Waals surface area contributed by atoms with E-state index < -0.39 is 5.60 Å². The third kappa shape index (κ3) is 2.20. The van der Waals surface area contributed by atoms with Crippen molar-refractivity contribution in [2.45, 2.75) is 38.7 Å². The maximum atomic E-state index is 12.3. The third-order valence-corrected chi connectivity index (χ3v) is 4.59. The van der Waals surface area contributed by atoms with Crippen LogP contribution in [-0.4, -0.2) is 41.1 Å². The van der Waals surface area contributed by atoms with Crippen molar-refractivity contribution in [1.29, 1.82) is 0 Å². The second kappa shape index (κ2) is 4.58. The number of carbonyl (C=O) groups is 1. The zero-order valence-electron chi connectivity index (χ0n) is 10.9. The zero-order valence-corrected chi connectivity index (χ0v) is 10.9. The number of rotatable bonds is 3. The summed E-state index contributed by atoms with van der Waals surface area (Å²) in [4.78, 5) is 14.1. The van der Waals surface area contributed by atoms with Crippen LogP contribution in [0.1, 0.15) is 33.1 Å². The first kappa shape index (κ1) is 12.8. The molecule has 1 heterocycles. The van der Waals surface area contributed by atoms with Gasteiger partial charge >= 0.3 is 0 Å². The van der Waals surface area contributed by atoms with Crippen molar-refractivity contribution in [1.82, 2.24) is 4.90 Å². The molecule has 0 radical (unpaired) electrons. The van der Waals surface area contributed by atoms with Crippen LogP contribution in [-0.2, 0) is 4.79 Å². The number of β-amino-alcohol motifs (C(OH)–C–C–N with tert-alkyl or cyclic N) is 1. The zero-order chi connectivity index (χ0) is 12.6. The number of hydrogen-bond donors (Lipinski definition) is 2. The molecule has 2 unspecified atom stereocenters. The van der Waals surface area contributed by atoms with E-state index in [1.54, 1.807) is 4.90 Å². The molecule has 0 bridgehead atoms. The normalized spacial score (nSPS) is 31.7. The molecule has 98 valence electrons. The van der Waals surface area contributed by atoms with E-state index in [2.05, 4.69) is 0 Å². The Balaban J connectivity index is 1.91. The minimum atomic E-state index is -0.660. The van der Waals surface area contributed by atoms with Crippen molar-refractivity contribution < 1.29 is 9.90 Å². The molecule has 17 heavy (non-hydrogen) atoms. The second-order valence-electron chi connectivity index (χ2n) is 5.99. The summed E-state index contributed by atoms with van der Waals surface area (Å²) in [6, 6.07) is 0. The Bertz CT molecular complexity index is 298. The number of aliphatic hydroxyl groups is 1. The SMILES string of the molecule is CC(C)C1(O)CN(C(=O)C2CCCC2CN)C1. The molecule has 0 aromatic rings. The van der Waals surface area contributed by atoms with E-state index in [0.717, 1.165) is 19.3 Å². The van der Waals surface area contributed by atoms with Crippen LogP contribution in [0.15, 0.2) is 0 Å². The van der Waals surface area contributed by atoms with Crippen LogP contribution >= 0.6 is 0 Å². The van der Waals surface area contributed by atoms with Crippen LogP contribution in [0.3, 0.4) is 0 Å². The number of carbonyl (C=O) groups excluding carboxylic acids is 1. The van der Waals surface area contributed by atoms with Gasteiger partial charge in [0.1, 0.15) is 5.60 Å². The highest BCUT2D eigenvalue weighted by molar-refractivity contribution is 5.80. The monoisotopic (exact) mass is 240 g/mol. The highest BCUT2D eigenvalue weighted by Gasteiger charge is 2.48. The van der Waals surface area contributed by atoms with Gasteiger partial charge in [-0.25, -0.2) is 0 Å². The van der Waals surface area contributed by atoms with E-state index in [-0.39, 0.29) is 17.7 Å². The number of nitrogens with two attached hydrogens (primary N) is 1. The molecular formula is C13H24N2O2. The summed E-state index contributed by atoms with van der Waals surface area (Å²) in [5.41, 5.74) is 5.04. The molecule has 2 atom stereocenters. The Labute approximate surface area is 103 Å². The van der Waals surface area contributed by atoms with Crippen molar-refractivity contribution in [2.24, 2.45) is 23.5 Å². The van der Waals surface area contributed by atoms with Gasteiger partial charge in [-0.3, -0.25) is 4.79 Å². The summed E-state index contributed by atoms with van der Waals surface area (Å²) in [6.45, 7) is 5.60. The van der Waals surface area contributed by atoms with Crippen molar-refractivity contribution in [2.75, 3.05) is 19.6 Å². The first-order chi connectivity index (χ1) is 7.98. The van der Waals surface area contributed by atoms with Crippen LogP contribution in [0.2, 0.25) is 0 Å². The second-order valence-corrected chi connectivity index (χ2v) is 5.99. The Morgan fingerprint density at radius 2 is 2.12 bits per heavy atom. The molecule has 0 aromatic heterocycles. The standard InChI is InChI=1S/C13H24N2O2/c1-9(2)13(17)7-15(8-13)12(16)11-5-3-4-10(11)6-14/h9-11,17H,3-8,14H2,1-2H3. The van der Waals surface area contributed by atoms with Crippen molar-refractivity contribution in [3.63, 3.8) is 0 Å². The van der Waals surface area contributed by atoms with Crippen molar-refractivity contribution in [3.05, 3.63) is 0 Å². The van der Waals surface area contributed by atoms with Gasteiger partial charge in [-0.15, -0.1) is 0 Å². The summed E-state index contributed by atoms with van der Waals surface area (Å²) in [5, 5.41) is 10.2. The molecule has 4 nitrogen and oxygen atoms in total. The average Bonchev–Trinajstić information content (AvgIpc) is 2.71. The molecule has 1 aliphatic carbocycles. The number of hydrogen-bond acceptors (Lipinski definition) is 3. The molecule has 4 heteroatoms. The summed E-state index contributed by atoms with van der Waals surface area (Å²) >= 11 is 0. The maximum Gasteiger partial charge on any atom is 0.226 e. The Morgan fingerprint density at radius 3 is 2.65 bits per heavy atom. The third-order valence-electron chi connectivity index (χ3n) is 4.59. The molecule has 0 spiro atoms. The van der Waals surface area contributed by atoms with Gasteiger partial charge in [0, 0.05) is 5.92 Å². The highest BCUT2D eigenvalue weighted by atomic mass is 16.3. The van der Waals surface area contributed by atoms with Gasteiger partial charge in [-0.05, 0) is 31.2 Å². The first-order valence-electron chi connectivity index (χ1n) is 6.69. The molecule has 1 amide bonds. The molecule has 3 N–H and O–H groups in total. The molecular weight excluding hydrogens is 216 g/mol. The van der Waals surface area contributed by atoms with Gasteiger partial charge in [0.2, 0.25) is 5.91 Å². The van der Waals surface area contributed by atoms with E-state index >= 15 is 0 Å². The van der Waals surface area contributed by atoms with Gasteiger partial charge in [0.25, 0.3) is 0 Å². The van der Waals surface area contributed by atoms with Crippen LogP contribution in [0.25, 0.3) is 0 Å². The van der Waals surface area contributed by atoms with E-state index in [1.807, 2.05) is 13.8 Å². The van der Waals surface area contributed by atoms with Gasteiger partial charge in [-0.1, -0.05) is 20.3 Å². The van der Waals surface area contributed by atoms with Gasteiger partial charge in [0.15, 0.2) is 0 Å². The van der Waals surface area contributed by atoms with Crippen LogP contribution in [0.4, 0.5) is 0 Å². The van der Waals surface area contributed by atoms with E-state index in [4.69, 9.17) is 5.73 Å². The summed E-state index contributed by atoms with van der Waals surface area (Å²) in [5.74, 6) is 0.885. The Kier molecular flexibility index (Phi) is 3.46. The van der Waals surface area contributed by atoms with Gasteiger partial charge < -0.3 is 15.7 Å². The van der Waals surface area contributed by atoms with Crippen molar-refractivity contribution in [3.8, 4) is 0 Å². The summed E-state index contributed by atoms with van der Waals surface area (Å²) < 4.78 is 0. The van der Waals surface area contributed by atoms with Crippen molar-refractivity contribution >= 4 is 5.91 Å². The molecule has 1 aliphatic heterocycles. The Morgan fingerprint density at radius 1 is 1.47 bits per heavy atom. The quantitative estimate of drug-likeness (QED) is 0.759. The number of nitrogens with zero attached hydrogens (tertiary/aromatic N) is 1. The minimum Gasteiger partial charge on any atom is -0.386 e.